The average Bonchev–Trinajstić information content (AvgIpc) is 2.91. The van der Waals surface area contributed by atoms with E-state index in [1.165, 1.54) is 11.1 Å². The van der Waals surface area contributed by atoms with Crippen LogP contribution in [0, 0.1) is 12.3 Å². The third-order valence-corrected chi connectivity index (χ3v) is 3.65. The fourth-order valence-corrected chi connectivity index (χ4v) is 2.53. The van der Waals surface area contributed by atoms with Gasteiger partial charge in [0.2, 0.25) is 0 Å². The van der Waals surface area contributed by atoms with Gasteiger partial charge in [-0.25, -0.2) is 0 Å². The lowest BCUT2D eigenvalue weighted by Gasteiger charge is -2.31. The molecule has 2 N–H and O–H groups in total. The molecule has 1 aromatic heterocycles. The van der Waals surface area contributed by atoms with E-state index in [-0.39, 0.29) is 5.41 Å². The Morgan fingerprint density at radius 2 is 1.95 bits per heavy atom. The summed E-state index contributed by atoms with van der Waals surface area (Å²) in [6.45, 7) is 9.88. The van der Waals surface area contributed by atoms with Crippen LogP contribution in [0.4, 0.5) is 0 Å². The maximum Gasteiger partial charge on any atom is 0.117 e. The minimum Gasteiger partial charge on any atom is -0.468 e. The standard InChI is InChI=1S/C18H26N2O/c1-15-6-4-7-16(10-15)11-20(14-18(2,3)13-19)12-17-8-5-9-21-17/h4-10H,11-14,19H2,1-3H3. The van der Waals surface area contributed by atoms with Gasteiger partial charge < -0.3 is 10.2 Å². The zero-order chi connectivity index (χ0) is 15.3. The van der Waals surface area contributed by atoms with Crippen LogP contribution in [0.5, 0.6) is 0 Å². The lowest BCUT2D eigenvalue weighted by molar-refractivity contribution is 0.158. The SMILES string of the molecule is Cc1cccc(CN(Cc2ccco2)CC(C)(C)CN)c1. The Bertz CT molecular complexity index is 546. The molecule has 0 fully saturated rings. The lowest BCUT2D eigenvalue weighted by Crippen LogP contribution is -2.38. The fraction of sp³-hybridized carbons (Fsp3) is 0.444. The number of nitrogens with two attached hydrogens (primary N) is 1. The molecule has 0 radical (unpaired) electrons. The molecule has 0 spiro atoms. The molecular weight excluding hydrogens is 260 g/mol. The third kappa shape index (κ3) is 5.03. The highest BCUT2D eigenvalue weighted by molar-refractivity contribution is 5.22. The van der Waals surface area contributed by atoms with Gasteiger partial charge in [-0.05, 0) is 36.6 Å². The summed E-state index contributed by atoms with van der Waals surface area (Å²) < 4.78 is 5.50. The summed E-state index contributed by atoms with van der Waals surface area (Å²) in [6, 6.07) is 12.6. The van der Waals surface area contributed by atoms with Gasteiger partial charge in [0.1, 0.15) is 5.76 Å². The molecule has 21 heavy (non-hydrogen) atoms. The van der Waals surface area contributed by atoms with E-state index in [9.17, 15) is 0 Å². The van der Waals surface area contributed by atoms with E-state index in [0.29, 0.717) is 6.54 Å². The van der Waals surface area contributed by atoms with Crippen molar-refractivity contribution < 1.29 is 4.42 Å². The molecule has 0 saturated carbocycles. The highest BCUT2D eigenvalue weighted by Crippen LogP contribution is 2.19. The molecule has 1 aromatic carbocycles. The predicted molar refractivity (Wildman–Crippen MR) is 86.8 cm³/mol. The van der Waals surface area contributed by atoms with E-state index < -0.39 is 0 Å². The van der Waals surface area contributed by atoms with Crippen LogP contribution in [-0.2, 0) is 13.1 Å². The van der Waals surface area contributed by atoms with E-state index in [0.717, 1.165) is 25.4 Å². The van der Waals surface area contributed by atoms with Gasteiger partial charge in [0, 0.05) is 13.1 Å². The Morgan fingerprint density at radius 3 is 2.57 bits per heavy atom. The Labute approximate surface area is 127 Å². The van der Waals surface area contributed by atoms with Crippen molar-refractivity contribution in [1.82, 2.24) is 4.90 Å². The van der Waals surface area contributed by atoms with Gasteiger partial charge in [0.25, 0.3) is 0 Å². The van der Waals surface area contributed by atoms with Crippen LogP contribution in [0.3, 0.4) is 0 Å². The number of furan rings is 1. The summed E-state index contributed by atoms with van der Waals surface area (Å²) in [4.78, 5) is 2.40. The smallest absolute Gasteiger partial charge is 0.117 e. The van der Waals surface area contributed by atoms with Crippen LogP contribution < -0.4 is 5.73 Å². The van der Waals surface area contributed by atoms with Gasteiger partial charge in [0.05, 0.1) is 12.8 Å². The first-order chi connectivity index (χ1) is 9.98. The normalized spacial score (nSPS) is 12.0. The second-order valence-corrected chi connectivity index (χ2v) is 6.58. The molecule has 0 aliphatic heterocycles. The molecule has 1 heterocycles. The molecule has 0 bridgehead atoms. The zero-order valence-corrected chi connectivity index (χ0v) is 13.3. The number of hydrogen-bond acceptors (Lipinski definition) is 3. The van der Waals surface area contributed by atoms with Crippen molar-refractivity contribution in [2.24, 2.45) is 11.1 Å². The highest BCUT2D eigenvalue weighted by atomic mass is 16.3. The summed E-state index contributed by atoms with van der Waals surface area (Å²) in [5.74, 6) is 0.996. The summed E-state index contributed by atoms with van der Waals surface area (Å²) in [7, 11) is 0. The Kier molecular flexibility index (Phi) is 5.21. The van der Waals surface area contributed by atoms with Crippen molar-refractivity contribution >= 4 is 0 Å². The van der Waals surface area contributed by atoms with Gasteiger partial charge in [-0.3, -0.25) is 4.90 Å². The fourth-order valence-electron chi connectivity index (χ4n) is 2.53. The van der Waals surface area contributed by atoms with Crippen LogP contribution in [-0.4, -0.2) is 18.0 Å². The summed E-state index contributed by atoms with van der Waals surface area (Å²) in [5, 5.41) is 0. The van der Waals surface area contributed by atoms with E-state index in [4.69, 9.17) is 10.2 Å². The van der Waals surface area contributed by atoms with Gasteiger partial charge >= 0.3 is 0 Å². The molecule has 2 aromatic rings. The molecule has 3 heteroatoms. The van der Waals surface area contributed by atoms with Crippen LogP contribution in [0.25, 0.3) is 0 Å². The maximum absolute atomic E-state index is 5.90. The van der Waals surface area contributed by atoms with E-state index in [1.807, 2.05) is 12.1 Å². The van der Waals surface area contributed by atoms with Crippen molar-refractivity contribution in [3.8, 4) is 0 Å². The van der Waals surface area contributed by atoms with Gasteiger partial charge in [-0.15, -0.1) is 0 Å². The Hall–Kier alpha value is -1.58. The van der Waals surface area contributed by atoms with E-state index >= 15 is 0 Å². The Morgan fingerprint density at radius 1 is 1.14 bits per heavy atom. The van der Waals surface area contributed by atoms with Crippen molar-refractivity contribution in [2.75, 3.05) is 13.1 Å². The molecule has 0 aliphatic rings. The summed E-state index contributed by atoms with van der Waals surface area (Å²) in [6.07, 6.45) is 1.73. The van der Waals surface area contributed by atoms with E-state index in [2.05, 4.69) is 49.9 Å². The largest absolute Gasteiger partial charge is 0.468 e. The first-order valence-electron chi connectivity index (χ1n) is 7.49. The monoisotopic (exact) mass is 286 g/mol. The van der Waals surface area contributed by atoms with Crippen LogP contribution in [0.15, 0.2) is 47.1 Å². The molecule has 3 nitrogen and oxygen atoms in total. The summed E-state index contributed by atoms with van der Waals surface area (Å²) >= 11 is 0. The molecule has 0 atom stereocenters. The van der Waals surface area contributed by atoms with Gasteiger partial charge in [0.15, 0.2) is 0 Å². The van der Waals surface area contributed by atoms with Crippen LogP contribution >= 0.6 is 0 Å². The average molecular weight is 286 g/mol. The number of benzene rings is 1. The summed E-state index contributed by atoms with van der Waals surface area (Å²) in [5.41, 5.74) is 8.61. The van der Waals surface area contributed by atoms with Crippen molar-refractivity contribution in [2.45, 2.75) is 33.9 Å². The second kappa shape index (κ2) is 6.92. The number of aryl methyl sites for hydroxylation is 1. The first-order valence-corrected chi connectivity index (χ1v) is 7.49. The molecule has 0 amide bonds. The van der Waals surface area contributed by atoms with Crippen LogP contribution in [0.2, 0.25) is 0 Å². The molecule has 114 valence electrons. The quantitative estimate of drug-likeness (QED) is 0.846. The topological polar surface area (TPSA) is 42.4 Å². The maximum atomic E-state index is 5.90. The van der Waals surface area contributed by atoms with Gasteiger partial charge in [-0.1, -0.05) is 43.7 Å². The number of rotatable bonds is 7. The number of nitrogens with zero attached hydrogens (tertiary/aromatic N) is 1. The molecule has 0 unspecified atom stereocenters. The second-order valence-electron chi connectivity index (χ2n) is 6.58. The molecule has 2 rings (SSSR count). The number of hydrogen-bond donors (Lipinski definition) is 1. The van der Waals surface area contributed by atoms with Crippen LogP contribution in [0.1, 0.15) is 30.7 Å². The zero-order valence-electron chi connectivity index (χ0n) is 13.3. The van der Waals surface area contributed by atoms with Crippen molar-refractivity contribution in [3.63, 3.8) is 0 Å². The first kappa shape index (κ1) is 15.8. The van der Waals surface area contributed by atoms with E-state index in [1.54, 1.807) is 6.26 Å². The highest BCUT2D eigenvalue weighted by Gasteiger charge is 2.21. The minimum absolute atomic E-state index is 0.0937. The van der Waals surface area contributed by atoms with Crippen molar-refractivity contribution in [3.05, 3.63) is 59.5 Å². The Balaban J connectivity index is 2.11. The molecule has 0 saturated heterocycles. The minimum atomic E-state index is 0.0937. The van der Waals surface area contributed by atoms with Crippen molar-refractivity contribution in [1.29, 1.82) is 0 Å². The lowest BCUT2D eigenvalue weighted by atomic mass is 9.92. The molecular formula is C18H26N2O. The third-order valence-electron chi connectivity index (χ3n) is 3.65. The van der Waals surface area contributed by atoms with Gasteiger partial charge in [-0.2, -0.15) is 0 Å². The predicted octanol–water partition coefficient (Wildman–Crippen LogP) is 3.58. The molecule has 0 aliphatic carbocycles.